The molecule has 1 heterocycles. The molecule has 1 aromatic heterocycles. The number of rotatable bonds is 4. The van der Waals surface area contributed by atoms with Crippen molar-refractivity contribution >= 4 is 28.9 Å². The predicted octanol–water partition coefficient (Wildman–Crippen LogP) is 3.32. The first-order chi connectivity index (χ1) is 9.19. The van der Waals surface area contributed by atoms with Crippen LogP contribution in [0.25, 0.3) is 0 Å². The summed E-state index contributed by atoms with van der Waals surface area (Å²) in [6.07, 6.45) is 0.402. The van der Waals surface area contributed by atoms with Gasteiger partial charge in [0.05, 0.1) is 0 Å². The first-order valence-corrected chi connectivity index (χ1v) is 6.72. The van der Waals surface area contributed by atoms with Crippen LogP contribution in [0.5, 0.6) is 5.75 Å². The average Bonchev–Trinajstić information content (AvgIpc) is 2.93. The molecule has 0 unspecified atom stereocenters. The van der Waals surface area contributed by atoms with E-state index in [-0.39, 0.29) is 5.91 Å². The van der Waals surface area contributed by atoms with E-state index >= 15 is 0 Å². The van der Waals surface area contributed by atoms with Crippen molar-refractivity contribution in [3.05, 3.63) is 46.7 Å². The Bertz CT molecular complexity index is 578. The Morgan fingerprint density at radius 2 is 2.11 bits per heavy atom. The molecule has 2 rings (SSSR count). The Balaban J connectivity index is 2.07. The van der Waals surface area contributed by atoms with E-state index in [9.17, 15) is 9.59 Å². The lowest BCUT2D eigenvalue weighted by atomic mass is 10.3. The molecule has 2 aromatic rings. The summed E-state index contributed by atoms with van der Waals surface area (Å²) < 4.78 is 5.23. The van der Waals surface area contributed by atoms with Gasteiger partial charge in [-0.1, -0.05) is 19.1 Å². The molecule has 1 N–H and O–H groups in total. The first kappa shape index (κ1) is 13.3. The fraction of sp³-hybridized carbons (Fsp3) is 0.143. The predicted molar refractivity (Wildman–Crippen MR) is 74.6 cm³/mol. The molecule has 0 saturated carbocycles. The van der Waals surface area contributed by atoms with E-state index in [0.717, 1.165) is 0 Å². The lowest BCUT2D eigenvalue weighted by molar-refractivity contribution is -0.115. The Kier molecular flexibility index (Phi) is 4.30. The number of carbonyl (C=O) groups is 2. The van der Waals surface area contributed by atoms with Crippen LogP contribution in [0.2, 0.25) is 0 Å². The number of carbonyl (C=O) groups excluding carboxylic acids is 2. The summed E-state index contributed by atoms with van der Waals surface area (Å²) in [4.78, 5) is 23.6. The number of amides is 1. The van der Waals surface area contributed by atoms with Gasteiger partial charge in [-0.05, 0) is 23.6 Å². The van der Waals surface area contributed by atoms with Crippen LogP contribution in [0.15, 0.2) is 41.8 Å². The van der Waals surface area contributed by atoms with Crippen molar-refractivity contribution in [1.82, 2.24) is 0 Å². The molecular weight excluding hydrogens is 262 g/mol. The molecule has 0 radical (unpaired) electrons. The van der Waals surface area contributed by atoms with Gasteiger partial charge in [-0.15, -0.1) is 11.3 Å². The van der Waals surface area contributed by atoms with Crippen molar-refractivity contribution in [3.8, 4) is 5.75 Å². The molecule has 98 valence electrons. The number of nitrogens with one attached hydrogen (secondary N) is 1. The van der Waals surface area contributed by atoms with Gasteiger partial charge in [0.1, 0.15) is 10.6 Å². The monoisotopic (exact) mass is 275 g/mol. The summed E-state index contributed by atoms with van der Waals surface area (Å²) in [5.41, 5.74) is 0.614. The fourth-order valence-electron chi connectivity index (χ4n) is 1.44. The highest BCUT2D eigenvalue weighted by Gasteiger charge is 2.09. The number of hydrogen-bond donors (Lipinski definition) is 1. The zero-order valence-electron chi connectivity index (χ0n) is 10.4. The van der Waals surface area contributed by atoms with Crippen LogP contribution in [0, 0.1) is 0 Å². The average molecular weight is 275 g/mol. The maximum atomic E-state index is 11.8. The summed E-state index contributed by atoms with van der Waals surface area (Å²) in [7, 11) is 0. The Hall–Kier alpha value is -2.14. The molecule has 0 fully saturated rings. The van der Waals surface area contributed by atoms with Crippen LogP contribution in [-0.4, -0.2) is 11.9 Å². The van der Waals surface area contributed by atoms with Crippen molar-refractivity contribution in [3.63, 3.8) is 0 Å². The van der Waals surface area contributed by atoms with E-state index in [4.69, 9.17) is 4.74 Å². The second-order valence-electron chi connectivity index (χ2n) is 3.80. The van der Waals surface area contributed by atoms with Gasteiger partial charge in [0.25, 0.3) is 0 Å². The van der Waals surface area contributed by atoms with Gasteiger partial charge in [-0.3, -0.25) is 4.79 Å². The number of benzene rings is 1. The number of esters is 1. The van der Waals surface area contributed by atoms with Crippen molar-refractivity contribution < 1.29 is 14.3 Å². The van der Waals surface area contributed by atoms with Crippen molar-refractivity contribution in [2.45, 2.75) is 13.3 Å². The van der Waals surface area contributed by atoms with Crippen LogP contribution in [0.4, 0.5) is 5.69 Å². The third-order valence-electron chi connectivity index (χ3n) is 2.37. The molecule has 0 bridgehead atoms. The highest BCUT2D eigenvalue weighted by atomic mass is 32.1. The normalized spacial score (nSPS) is 9.95. The number of anilines is 1. The van der Waals surface area contributed by atoms with Gasteiger partial charge in [-0.25, -0.2) is 4.79 Å². The van der Waals surface area contributed by atoms with Gasteiger partial charge in [0, 0.05) is 18.2 Å². The molecule has 19 heavy (non-hydrogen) atoms. The lowest BCUT2D eigenvalue weighted by Crippen LogP contribution is -2.10. The van der Waals surface area contributed by atoms with E-state index in [2.05, 4.69) is 5.32 Å². The van der Waals surface area contributed by atoms with Gasteiger partial charge in [-0.2, -0.15) is 0 Å². The fourth-order valence-corrected chi connectivity index (χ4v) is 2.04. The van der Waals surface area contributed by atoms with E-state index in [1.165, 1.54) is 11.3 Å². The third-order valence-corrected chi connectivity index (χ3v) is 3.22. The molecule has 4 nitrogen and oxygen atoms in total. The standard InChI is InChI=1S/C14H13NO3S/c1-2-13(16)15-10-5-3-6-11(9-10)18-14(17)12-7-4-8-19-12/h3-9H,2H2,1H3,(H,15,16). The quantitative estimate of drug-likeness (QED) is 0.688. The van der Waals surface area contributed by atoms with Crippen molar-refractivity contribution in [1.29, 1.82) is 0 Å². The largest absolute Gasteiger partial charge is 0.422 e. The Labute approximate surface area is 115 Å². The summed E-state index contributed by atoms with van der Waals surface area (Å²) in [6, 6.07) is 10.3. The minimum absolute atomic E-state index is 0.0817. The van der Waals surface area contributed by atoms with Gasteiger partial charge < -0.3 is 10.1 Å². The molecule has 0 aliphatic heterocycles. The minimum Gasteiger partial charge on any atom is -0.422 e. The van der Waals surface area contributed by atoms with Crippen LogP contribution >= 0.6 is 11.3 Å². The zero-order valence-corrected chi connectivity index (χ0v) is 11.2. The number of hydrogen-bond acceptors (Lipinski definition) is 4. The van der Waals surface area contributed by atoms with E-state index in [0.29, 0.717) is 22.7 Å². The molecule has 0 aliphatic rings. The topological polar surface area (TPSA) is 55.4 Å². The minimum atomic E-state index is -0.394. The summed E-state index contributed by atoms with van der Waals surface area (Å²) >= 11 is 1.32. The third kappa shape index (κ3) is 3.66. The van der Waals surface area contributed by atoms with Crippen LogP contribution in [0.1, 0.15) is 23.0 Å². The van der Waals surface area contributed by atoms with Crippen LogP contribution in [0.3, 0.4) is 0 Å². The second kappa shape index (κ2) is 6.15. The molecule has 0 atom stereocenters. The summed E-state index contributed by atoms with van der Waals surface area (Å²) in [5.74, 6) is -0.0667. The molecule has 0 aliphatic carbocycles. The molecule has 1 aromatic carbocycles. The SMILES string of the molecule is CCC(=O)Nc1cccc(OC(=O)c2cccs2)c1. The molecule has 5 heteroatoms. The van der Waals surface area contributed by atoms with Gasteiger partial charge >= 0.3 is 5.97 Å². The number of thiophene rings is 1. The first-order valence-electron chi connectivity index (χ1n) is 5.84. The maximum Gasteiger partial charge on any atom is 0.353 e. The molecule has 1 amide bonds. The number of ether oxygens (including phenoxy) is 1. The summed E-state index contributed by atoms with van der Waals surface area (Å²) in [5, 5.41) is 4.53. The van der Waals surface area contributed by atoms with Crippen LogP contribution in [-0.2, 0) is 4.79 Å². The summed E-state index contributed by atoms with van der Waals surface area (Å²) in [6.45, 7) is 1.77. The highest BCUT2D eigenvalue weighted by molar-refractivity contribution is 7.12. The Morgan fingerprint density at radius 1 is 1.26 bits per heavy atom. The lowest BCUT2D eigenvalue weighted by Gasteiger charge is -2.06. The zero-order chi connectivity index (χ0) is 13.7. The smallest absolute Gasteiger partial charge is 0.353 e. The van der Waals surface area contributed by atoms with Crippen LogP contribution < -0.4 is 10.1 Å². The Morgan fingerprint density at radius 3 is 2.79 bits per heavy atom. The van der Waals surface area contributed by atoms with E-state index in [1.807, 2.05) is 5.38 Å². The second-order valence-corrected chi connectivity index (χ2v) is 4.74. The van der Waals surface area contributed by atoms with E-state index < -0.39 is 5.97 Å². The highest BCUT2D eigenvalue weighted by Crippen LogP contribution is 2.20. The van der Waals surface area contributed by atoms with Gasteiger partial charge in [0.2, 0.25) is 5.91 Å². The molecule has 0 spiro atoms. The van der Waals surface area contributed by atoms with Crippen molar-refractivity contribution in [2.24, 2.45) is 0 Å². The molecule has 0 saturated heterocycles. The van der Waals surface area contributed by atoms with Crippen molar-refractivity contribution in [2.75, 3.05) is 5.32 Å². The molecular formula is C14H13NO3S. The maximum absolute atomic E-state index is 11.8. The van der Waals surface area contributed by atoms with E-state index in [1.54, 1.807) is 43.3 Å². The van der Waals surface area contributed by atoms with Gasteiger partial charge in [0.15, 0.2) is 0 Å².